The van der Waals surface area contributed by atoms with Gasteiger partial charge in [-0.05, 0) is 24.3 Å². The van der Waals surface area contributed by atoms with Crippen LogP contribution in [0.4, 0.5) is 5.82 Å². The number of carbonyl (C=O) groups is 1. The van der Waals surface area contributed by atoms with E-state index in [0.29, 0.717) is 5.82 Å². The quantitative estimate of drug-likeness (QED) is 0.750. The lowest BCUT2D eigenvalue weighted by Gasteiger charge is -2.01. The summed E-state index contributed by atoms with van der Waals surface area (Å²) < 4.78 is 0. The molecule has 0 bridgehead atoms. The third-order valence-corrected chi connectivity index (χ3v) is 2.77. The third-order valence-electron chi connectivity index (χ3n) is 2.57. The van der Waals surface area contributed by atoms with Crippen LogP contribution in [0.2, 0.25) is 5.15 Å². The molecule has 6 nitrogen and oxygen atoms in total. The van der Waals surface area contributed by atoms with Crippen LogP contribution in [0.3, 0.4) is 0 Å². The van der Waals surface area contributed by atoms with Gasteiger partial charge in [-0.2, -0.15) is 5.10 Å². The number of amides is 1. The molecular weight excluding hydrogens is 266 g/mol. The van der Waals surface area contributed by atoms with E-state index in [2.05, 4.69) is 25.7 Å². The van der Waals surface area contributed by atoms with Crippen molar-refractivity contribution in [2.75, 3.05) is 5.32 Å². The number of anilines is 1. The number of carbonyl (C=O) groups excluding carboxylic acids is 1. The first-order valence-corrected chi connectivity index (χ1v) is 5.85. The van der Waals surface area contributed by atoms with Crippen LogP contribution in [0.15, 0.2) is 36.4 Å². The number of nitrogens with zero attached hydrogens (tertiary/aromatic N) is 3. The molecule has 2 heterocycles. The molecule has 2 aromatic heterocycles. The summed E-state index contributed by atoms with van der Waals surface area (Å²) in [5.74, 6) is 0.0683. The number of para-hydroxylation sites is 1. The fraction of sp³-hybridized carbons (Fsp3) is 0. The topological polar surface area (TPSA) is 83.6 Å². The number of benzene rings is 1. The molecule has 0 saturated heterocycles. The van der Waals surface area contributed by atoms with Crippen molar-refractivity contribution in [3.05, 3.63) is 47.2 Å². The van der Waals surface area contributed by atoms with Crippen LogP contribution < -0.4 is 5.32 Å². The number of halogens is 1. The van der Waals surface area contributed by atoms with Crippen molar-refractivity contribution in [2.24, 2.45) is 0 Å². The number of aromatic amines is 1. The van der Waals surface area contributed by atoms with Gasteiger partial charge in [-0.3, -0.25) is 9.89 Å². The van der Waals surface area contributed by atoms with Gasteiger partial charge in [-0.25, -0.2) is 0 Å². The smallest absolute Gasteiger partial charge is 0.277 e. The number of hydrogen-bond donors (Lipinski definition) is 2. The number of hydrogen-bond acceptors (Lipinski definition) is 4. The summed E-state index contributed by atoms with van der Waals surface area (Å²) in [5, 5.41) is 17.9. The molecule has 1 amide bonds. The maximum absolute atomic E-state index is 12.0. The van der Waals surface area contributed by atoms with Gasteiger partial charge in [-0.15, -0.1) is 10.2 Å². The molecule has 2 N–H and O–H groups in total. The first-order valence-electron chi connectivity index (χ1n) is 5.48. The van der Waals surface area contributed by atoms with Crippen LogP contribution in [-0.2, 0) is 0 Å². The van der Waals surface area contributed by atoms with Gasteiger partial charge in [0.2, 0.25) is 0 Å². The number of fused-ring (bicyclic) bond motifs is 1. The predicted octanol–water partition coefficient (Wildman–Crippen LogP) is 2.26. The van der Waals surface area contributed by atoms with E-state index < -0.39 is 0 Å². The highest BCUT2D eigenvalue weighted by Gasteiger charge is 2.12. The Kier molecular flexibility index (Phi) is 2.85. The molecule has 1 aromatic carbocycles. The van der Waals surface area contributed by atoms with Crippen LogP contribution in [0.5, 0.6) is 0 Å². The highest BCUT2D eigenvalue weighted by atomic mass is 35.5. The second-order valence-corrected chi connectivity index (χ2v) is 4.20. The summed E-state index contributed by atoms with van der Waals surface area (Å²) in [6.07, 6.45) is 0. The maximum Gasteiger partial charge on any atom is 0.277 e. The largest absolute Gasteiger partial charge is 0.303 e. The SMILES string of the molecule is O=C(Nc1n[nH]c2ccccc12)c1ccc(Cl)nn1. The summed E-state index contributed by atoms with van der Waals surface area (Å²) in [6, 6.07) is 10.5. The van der Waals surface area contributed by atoms with E-state index in [1.807, 2.05) is 24.3 Å². The van der Waals surface area contributed by atoms with Crippen LogP contribution in [0.1, 0.15) is 10.5 Å². The Morgan fingerprint density at radius 3 is 2.79 bits per heavy atom. The van der Waals surface area contributed by atoms with Gasteiger partial charge in [0.15, 0.2) is 16.7 Å². The Labute approximate surface area is 112 Å². The Bertz CT molecular complexity index is 737. The van der Waals surface area contributed by atoms with Crippen molar-refractivity contribution in [3.8, 4) is 0 Å². The molecule has 0 atom stereocenters. The van der Waals surface area contributed by atoms with Crippen molar-refractivity contribution in [1.29, 1.82) is 0 Å². The molecule has 19 heavy (non-hydrogen) atoms. The molecule has 0 saturated carbocycles. The molecule has 3 rings (SSSR count). The first-order chi connectivity index (χ1) is 9.24. The number of aromatic nitrogens is 4. The van der Waals surface area contributed by atoms with E-state index in [0.717, 1.165) is 10.9 Å². The van der Waals surface area contributed by atoms with E-state index >= 15 is 0 Å². The summed E-state index contributed by atoms with van der Waals surface area (Å²) >= 11 is 5.61. The maximum atomic E-state index is 12.0. The van der Waals surface area contributed by atoms with Crippen molar-refractivity contribution in [3.63, 3.8) is 0 Å². The minimum Gasteiger partial charge on any atom is -0.303 e. The molecule has 7 heteroatoms. The van der Waals surface area contributed by atoms with Gasteiger partial charge in [0.05, 0.1) is 5.52 Å². The molecule has 0 aliphatic carbocycles. The second kappa shape index (κ2) is 4.66. The van der Waals surface area contributed by atoms with Gasteiger partial charge in [0.25, 0.3) is 5.91 Å². The normalized spacial score (nSPS) is 10.6. The first kappa shape index (κ1) is 11.6. The zero-order valence-corrected chi connectivity index (χ0v) is 10.3. The lowest BCUT2D eigenvalue weighted by Crippen LogP contribution is -2.14. The fourth-order valence-electron chi connectivity index (χ4n) is 1.67. The van der Waals surface area contributed by atoms with Crippen LogP contribution in [0, 0.1) is 0 Å². The predicted molar refractivity (Wildman–Crippen MR) is 71.1 cm³/mol. The monoisotopic (exact) mass is 273 g/mol. The van der Waals surface area contributed by atoms with Crippen LogP contribution >= 0.6 is 11.6 Å². The van der Waals surface area contributed by atoms with Crippen molar-refractivity contribution >= 4 is 34.2 Å². The average molecular weight is 274 g/mol. The number of H-pyrrole nitrogens is 1. The summed E-state index contributed by atoms with van der Waals surface area (Å²) in [5.41, 5.74) is 1.02. The van der Waals surface area contributed by atoms with E-state index in [9.17, 15) is 4.79 Å². The second-order valence-electron chi connectivity index (χ2n) is 3.81. The van der Waals surface area contributed by atoms with E-state index in [1.165, 1.54) is 12.1 Å². The highest BCUT2D eigenvalue weighted by Crippen LogP contribution is 2.19. The van der Waals surface area contributed by atoms with Gasteiger partial charge in [-0.1, -0.05) is 23.7 Å². The zero-order valence-electron chi connectivity index (χ0n) is 9.59. The highest BCUT2D eigenvalue weighted by molar-refractivity contribution is 6.29. The van der Waals surface area contributed by atoms with Gasteiger partial charge in [0, 0.05) is 5.39 Å². The summed E-state index contributed by atoms with van der Waals surface area (Å²) in [4.78, 5) is 12.0. The fourth-order valence-corrected chi connectivity index (χ4v) is 1.77. The standard InChI is InChI=1S/C12H8ClN5O/c13-10-6-5-9(16-17-10)12(19)14-11-7-3-1-2-4-8(7)15-18-11/h1-6H,(H2,14,15,18,19). The van der Waals surface area contributed by atoms with E-state index in [1.54, 1.807) is 0 Å². The lowest BCUT2D eigenvalue weighted by atomic mass is 10.2. The van der Waals surface area contributed by atoms with Gasteiger partial charge < -0.3 is 5.32 Å². The van der Waals surface area contributed by atoms with Crippen molar-refractivity contribution in [1.82, 2.24) is 20.4 Å². The van der Waals surface area contributed by atoms with Gasteiger partial charge >= 0.3 is 0 Å². The Hall–Kier alpha value is -2.47. The minimum absolute atomic E-state index is 0.177. The van der Waals surface area contributed by atoms with Crippen LogP contribution in [-0.4, -0.2) is 26.3 Å². The molecule has 94 valence electrons. The van der Waals surface area contributed by atoms with Crippen LogP contribution in [0.25, 0.3) is 10.9 Å². The molecule has 3 aromatic rings. The molecule has 0 radical (unpaired) electrons. The number of nitrogens with one attached hydrogen (secondary N) is 2. The zero-order chi connectivity index (χ0) is 13.2. The Balaban J connectivity index is 1.89. The van der Waals surface area contributed by atoms with Crippen molar-refractivity contribution < 1.29 is 4.79 Å². The molecule has 0 unspecified atom stereocenters. The number of rotatable bonds is 2. The summed E-state index contributed by atoms with van der Waals surface area (Å²) in [7, 11) is 0. The molecular formula is C12H8ClN5O. The lowest BCUT2D eigenvalue weighted by molar-refractivity contribution is 0.102. The molecule has 0 aliphatic heterocycles. The van der Waals surface area contributed by atoms with Gasteiger partial charge in [0.1, 0.15) is 0 Å². The Morgan fingerprint density at radius 2 is 2.00 bits per heavy atom. The van der Waals surface area contributed by atoms with Crippen molar-refractivity contribution in [2.45, 2.75) is 0 Å². The summed E-state index contributed by atoms with van der Waals surface area (Å²) in [6.45, 7) is 0. The minimum atomic E-state index is -0.388. The van der Waals surface area contributed by atoms with E-state index in [4.69, 9.17) is 11.6 Å². The Morgan fingerprint density at radius 1 is 1.16 bits per heavy atom. The molecule has 0 spiro atoms. The van der Waals surface area contributed by atoms with E-state index in [-0.39, 0.29) is 16.8 Å². The molecule has 0 fully saturated rings. The third kappa shape index (κ3) is 2.25. The molecule has 0 aliphatic rings. The average Bonchev–Trinajstić information content (AvgIpc) is 2.83.